The first-order valence-corrected chi connectivity index (χ1v) is 15.0. The number of ether oxygens (including phenoxy) is 1. The second kappa shape index (κ2) is 11.8. The predicted octanol–water partition coefficient (Wildman–Crippen LogP) is 5.79. The molecule has 4 aromatic rings. The Balaban J connectivity index is 0.00000370. The number of nitrogens with one attached hydrogen (secondary N) is 1. The van der Waals surface area contributed by atoms with Crippen LogP contribution in [-0.4, -0.2) is 50.6 Å². The number of aromatic nitrogens is 1. The standard InChI is InChI=1S/C30H30ClFN2O4S.CH4/c1-38-29-26(17-21-16-25(39(2,36)37)10-11-27(21)34-29)28(20-6-8-23(31)9-7-20)30(35)12-13-33-18-22(30)14-19-4-3-5-24(32)15-19;/h3-11,15-17,22,28,33,35H,12-14,18H2,1-2H3;1H4. The highest BCUT2D eigenvalue weighted by Gasteiger charge is 2.47. The summed E-state index contributed by atoms with van der Waals surface area (Å²) in [6.07, 6.45) is 2.04. The molecular formula is C31H34ClFN2O4S. The second-order valence-electron chi connectivity index (χ2n) is 10.2. The number of hydrogen-bond acceptors (Lipinski definition) is 6. The van der Waals surface area contributed by atoms with Crippen LogP contribution in [0.2, 0.25) is 5.02 Å². The van der Waals surface area contributed by atoms with Crippen LogP contribution in [0.15, 0.2) is 77.7 Å². The van der Waals surface area contributed by atoms with Crippen LogP contribution in [0.4, 0.5) is 4.39 Å². The minimum Gasteiger partial charge on any atom is -0.481 e. The molecule has 3 atom stereocenters. The second-order valence-corrected chi connectivity index (χ2v) is 12.6. The van der Waals surface area contributed by atoms with Crippen molar-refractivity contribution in [2.75, 3.05) is 26.5 Å². The van der Waals surface area contributed by atoms with Crippen LogP contribution in [0.5, 0.6) is 5.88 Å². The van der Waals surface area contributed by atoms with Crippen molar-refractivity contribution in [2.45, 2.75) is 36.7 Å². The van der Waals surface area contributed by atoms with Gasteiger partial charge in [0.05, 0.1) is 23.1 Å². The molecule has 0 bridgehead atoms. The van der Waals surface area contributed by atoms with E-state index in [1.807, 2.05) is 24.3 Å². The summed E-state index contributed by atoms with van der Waals surface area (Å²) in [5.74, 6) is -0.859. The van der Waals surface area contributed by atoms with E-state index in [2.05, 4.69) is 5.32 Å². The van der Waals surface area contributed by atoms with Crippen LogP contribution in [-0.2, 0) is 16.3 Å². The molecule has 5 rings (SSSR count). The van der Waals surface area contributed by atoms with Crippen molar-refractivity contribution in [3.05, 3.63) is 100 Å². The Bertz CT molecular complexity index is 1610. The van der Waals surface area contributed by atoms with Crippen molar-refractivity contribution in [3.63, 3.8) is 0 Å². The quantitative estimate of drug-likeness (QED) is 0.286. The minimum atomic E-state index is -3.44. The van der Waals surface area contributed by atoms with Crippen LogP contribution in [0.25, 0.3) is 10.9 Å². The van der Waals surface area contributed by atoms with Crippen molar-refractivity contribution in [1.29, 1.82) is 0 Å². The largest absolute Gasteiger partial charge is 0.481 e. The van der Waals surface area contributed by atoms with Crippen LogP contribution in [0.1, 0.15) is 36.5 Å². The Kier molecular flexibility index (Phi) is 8.85. The zero-order chi connectivity index (χ0) is 27.8. The molecule has 1 fully saturated rings. The Morgan fingerprint density at radius 3 is 2.58 bits per heavy atom. The number of aliphatic hydroxyl groups is 1. The lowest BCUT2D eigenvalue weighted by Gasteiger charge is -2.46. The maximum Gasteiger partial charge on any atom is 0.217 e. The molecule has 0 aliphatic carbocycles. The van der Waals surface area contributed by atoms with Crippen molar-refractivity contribution < 1.29 is 22.7 Å². The van der Waals surface area contributed by atoms with E-state index in [9.17, 15) is 17.9 Å². The fourth-order valence-corrected chi connectivity index (χ4v) is 6.45. The number of benzene rings is 3. The molecule has 2 N–H and O–H groups in total. The van der Waals surface area contributed by atoms with Gasteiger partial charge in [-0.1, -0.05) is 43.3 Å². The van der Waals surface area contributed by atoms with Gasteiger partial charge in [-0.3, -0.25) is 0 Å². The number of fused-ring (bicyclic) bond motifs is 1. The molecule has 0 spiro atoms. The van der Waals surface area contributed by atoms with Crippen LogP contribution in [0.3, 0.4) is 0 Å². The van der Waals surface area contributed by atoms with E-state index in [0.717, 1.165) is 17.4 Å². The molecule has 1 aromatic heterocycles. The summed E-state index contributed by atoms with van der Waals surface area (Å²) in [7, 11) is -1.92. The first kappa shape index (κ1) is 29.9. The molecule has 2 heterocycles. The third kappa shape index (κ3) is 6.00. The molecule has 3 aromatic carbocycles. The smallest absolute Gasteiger partial charge is 0.217 e. The molecule has 0 amide bonds. The molecule has 0 saturated carbocycles. The lowest BCUT2D eigenvalue weighted by atomic mass is 9.66. The van der Waals surface area contributed by atoms with Gasteiger partial charge in [-0.2, -0.15) is 0 Å². The van der Waals surface area contributed by atoms with Crippen LogP contribution < -0.4 is 10.1 Å². The van der Waals surface area contributed by atoms with Crippen molar-refractivity contribution in [1.82, 2.24) is 10.3 Å². The van der Waals surface area contributed by atoms with E-state index in [1.54, 1.807) is 30.3 Å². The Labute approximate surface area is 240 Å². The number of hydrogen-bond donors (Lipinski definition) is 2. The van der Waals surface area contributed by atoms with Gasteiger partial charge >= 0.3 is 0 Å². The SMILES string of the molecule is C.COc1nc2ccc(S(C)(=O)=O)cc2cc1C(c1ccc(Cl)cc1)C1(O)CCNCC1Cc1cccc(F)c1. The zero-order valence-electron chi connectivity index (χ0n) is 21.7. The average molecular weight is 585 g/mol. The summed E-state index contributed by atoms with van der Waals surface area (Å²) < 4.78 is 44.4. The Morgan fingerprint density at radius 2 is 1.90 bits per heavy atom. The molecule has 9 heteroatoms. The molecule has 1 aliphatic rings. The van der Waals surface area contributed by atoms with E-state index >= 15 is 0 Å². The fraction of sp³-hybridized carbons (Fsp3) is 0.323. The molecule has 212 valence electrons. The molecular weight excluding hydrogens is 551 g/mol. The first-order chi connectivity index (χ1) is 18.6. The molecule has 1 saturated heterocycles. The average Bonchev–Trinajstić information content (AvgIpc) is 2.90. The van der Waals surface area contributed by atoms with E-state index < -0.39 is 21.4 Å². The Hall–Kier alpha value is -3.04. The van der Waals surface area contributed by atoms with Crippen LogP contribution >= 0.6 is 11.6 Å². The molecule has 6 nitrogen and oxygen atoms in total. The predicted molar refractivity (Wildman–Crippen MR) is 157 cm³/mol. The van der Waals surface area contributed by atoms with E-state index in [4.69, 9.17) is 21.3 Å². The monoisotopic (exact) mass is 584 g/mol. The third-order valence-electron chi connectivity index (χ3n) is 7.59. The van der Waals surface area contributed by atoms with Gasteiger partial charge in [-0.25, -0.2) is 17.8 Å². The summed E-state index contributed by atoms with van der Waals surface area (Å²) >= 11 is 6.23. The van der Waals surface area contributed by atoms with E-state index in [-0.39, 0.29) is 24.1 Å². The van der Waals surface area contributed by atoms with Gasteiger partial charge in [0.2, 0.25) is 5.88 Å². The molecule has 0 radical (unpaired) electrons. The normalized spacial score (nSPS) is 20.1. The molecule has 3 unspecified atom stereocenters. The summed E-state index contributed by atoms with van der Waals surface area (Å²) in [6, 6.07) is 20.4. The van der Waals surface area contributed by atoms with Gasteiger partial charge in [0, 0.05) is 40.6 Å². The summed E-state index contributed by atoms with van der Waals surface area (Å²) in [4.78, 5) is 4.89. The van der Waals surface area contributed by atoms with Gasteiger partial charge in [-0.05, 0) is 79.0 Å². The maximum atomic E-state index is 14.0. The lowest BCUT2D eigenvalue weighted by molar-refractivity contribution is -0.0544. The number of methoxy groups -OCH3 is 1. The number of pyridine rings is 1. The zero-order valence-corrected chi connectivity index (χ0v) is 23.3. The van der Waals surface area contributed by atoms with Gasteiger partial charge in [0.1, 0.15) is 5.82 Å². The summed E-state index contributed by atoms with van der Waals surface area (Å²) in [5, 5.41) is 17.2. The number of piperidine rings is 1. The van der Waals surface area contributed by atoms with E-state index in [0.29, 0.717) is 53.3 Å². The number of sulfone groups is 1. The van der Waals surface area contributed by atoms with Gasteiger partial charge < -0.3 is 15.2 Å². The Morgan fingerprint density at radius 1 is 1.15 bits per heavy atom. The lowest BCUT2D eigenvalue weighted by Crippen LogP contribution is -2.54. The summed E-state index contributed by atoms with van der Waals surface area (Å²) in [6.45, 7) is 1.11. The van der Waals surface area contributed by atoms with Crippen LogP contribution in [0, 0.1) is 11.7 Å². The molecule has 40 heavy (non-hydrogen) atoms. The third-order valence-corrected chi connectivity index (χ3v) is 8.95. The fourth-order valence-electron chi connectivity index (χ4n) is 5.67. The minimum absolute atomic E-state index is 0. The van der Waals surface area contributed by atoms with Crippen molar-refractivity contribution >= 4 is 32.3 Å². The van der Waals surface area contributed by atoms with Crippen molar-refractivity contribution in [2.24, 2.45) is 5.92 Å². The number of nitrogens with zero attached hydrogens (tertiary/aromatic N) is 1. The number of rotatable bonds is 7. The van der Waals surface area contributed by atoms with E-state index in [1.165, 1.54) is 25.3 Å². The maximum absolute atomic E-state index is 14.0. The summed E-state index contributed by atoms with van der Waals surface area (Å²) in [5.41, 5.74) is 1.53. The number of halogens is 2. The van der Waals surface area contributed by atoms with Gasteiger partial charge in [-0.15, -0.1) is 0 Å². The highest BCUT2D eigenvalue weighted by molar-refractivity contribution is 7.90. The molecule has 1 aliphatic heterocycles. The van der Waals surface area contributed by atoms with Gasteiger partial charge in [0.25, 0.3) is 0 Å². The topological polar surface area (TPSA) is 88.5 Å². The first-order valence-electron chi connectivity index (χ1n) is 12.7. The highest BCUT2D eigenvalue weighted by Crippen LogP contribution is 2.47. The highest BCUT2D eigenvalue weighted by atomic mass is 35.5. The van der Waals surface area contributed by atoms with Crippen molar-refractivity contribution in [3.8, 4) is 5.88 Å². The van der Waals surface area contributed by atoms with Gasteiger partial charge in [0.15, 0.2) is 9.84 Å².